The molecule has 0 saturated carbocycles. The Labute approximate surface area is 112 Å². The molecule has 3 N–H and O–H groups in total. The van der Waals surface area contributed by atoms with Crippen molar-refractivity contribution in [1.29, 1.82) is 0 Å². The maximum atomic E-state index is 10.2. The van der Waals surface area contributed by atoms with E-state index in [0.29, 0.717) is 24.6 Å². The van der Waals surface area contributed by atoms with Crippen molar-refractivity contribution < 1.29 is 19.8 Å². The number of carbonyl (C=O) groups is 2. The number of aliphatic carboxylic acids is 1. The summed E-state index contributed by atoms with van der Waals surface area (Å²) in [6, 6.07) is 0. The molecule has 0 heterocycles. The number of aliphatic hydroxyl groups excluding tert-OH is 1. The summed E-state index contributed by atoms with van der Waals surface area (Å²) in [5.74, 6) is -0.705. The predicted molar refractivity (Wildman–Crippen MR) is 70.7 cm³/mol. The summed E-state index contributed by atoms with van der Waals surface area (Å²) in [7, 11) is 0. The van der Waals surface area contributed by atoms with Crippen LogP contribution in [0.15, 0.2) is 0 Å². The zero-order valence-corrected chi connectivity index (χ0v) is 11.7. The van der Waals surface area contributed by atoms with Gasteiger partial charge in [-0.3, -0.25) is 9.59 Å². The molecule has 2 unspecified atom stereocenters. The zero-order valence-electron chi connectivity index (χ0n) is 10.0. The molecule has 5 nitrogen and oxygen atoms in total. The van der Waals surface area contributed by atoms with Crippen LogP contribution in [0.25, 0.3) is 0 Å². The maximum Gasteiger partial charge on any atom is 0.308 e. The summed E-state index contributed by atoms with van der Waals surface area (Å²) in [5, 5.41) is 20.0. The summed E-state index contributed by atoms with van der Waals surface area (Å²) in [6.45, 7) is 3.61. The topological polar surface area (TPSA) is 86.6 Å². The fourth-order valence-electron chi connectivity index (χ4n) is 0.758. The van der Waals surface area contributed by atoms with Gasteiger partial charge in [0.1, 0.15) is 0 Å². The van der Waals surface area contributed by atoms with Gasteiger partial charge in [-0.05, 0) is 13.3 Å². The fourth-order valence-corrected chi connectivity index (χ4v) is 1.09. The lowest BCUT2D eigenvalue weighted by Gasteiger charge is -2.12. The third kappa shape index (κ3) is 13.5. The molecule has 0 fully saturated rings. The molecule has 0 aliphatic heterocycles. The lowest BCUT2D eigenvalue weighted by atomic mass is 10.0. The van der Waals surface area contributed by atoms with Crippen LogP contribution < -0.4 is 5.32 Å². The van der Waals surface area contributed by atoms with E-state index in [4.69, 9.17) is 21.8 Å². The third-order valence-corrected chi connectivity index (χ3v) is 2.30. The van der Waals surface area contributed by atoms with Crippen molar-refractivity contribution >= 4 is 36.1 Å². The van der Waals surface area contributed by atoms with Gasteiger partial charge in [0.05, 0.1) is 12.0 Å². The van der Waals surface area contributed by atoms with E-state index in [9.17, 15) is 9.59 Å². The number of thiol groups is 1. The Kier molecular flexibility index (Phi) is 13.3. The molecule has 0 bridgehead atoms. The Morgan fingerprint density at radius 1 is 1.47 bits per heavy atom. The highest BCUT2D eigenvalue weighted by Crippen LogP contribution is 2.07. The lowest BCUT2D eigenvalue weighted by Crippen LogP contribution is -2.25. The van der Waals surface area contributed by atoms with Gasteiger partial charge in [-0.25, -0.2) is 0 Å². The average Bonchev–Trinajstić information content (AvgIpc) is 2.26. The SMILES string of the molecule is CC(=O)NCCS.CC(C(=O)O)C(O)CCCl. The number of aliphatic hydroxyl groups is 1. The van der Waals surface area contributed by atoms with Crippen LogP contribution in [0.3, 0.4) is 0 Å². The molecule has 0 rings (SSSR count). The summed E-state index contributed by atoms with van der Waals surface area (Å²) < 4.78 is 0. The van der Waals surface area contributed by atoms with Crippen molar-refractivity contribution in [2.24, 2.45) is 5.92 Å². The van der Waals surface area contributed by atoms with Gasteiger partial charge in [-0.1, -0.05) is 0 Å². The quantitative estimate of drug-likeness (QED) is 0.428. The van der Waals surface area contributed by atoms with Crippen molar-refractivity contribution in [3.05, 3.63) is 0 Å². The number of rotatable bonds is 6. The summed E-state index contributed by atoms with van der Waals surface area (Å²) in [5.41, 5.74) is 0. The van der Waals surface area contributed by atoms with Gasteiger partial charge < -0.3 is 15.5 Å². The van der Waals surface area contributed by atoms with Crippen molar-refractivity contribution in [3.63, 3.8) is 0 Å². The summed E-state index contributed by atoms with van der Waals surface area (Å²) in [6.07, 6.45) is -0.496. The molecule has 102 valence electrons. The van der Waals surface area contributed by atoms with Crippen molar-refractivity contribution in [3.8, 4) is 0 Å². The van der Waals surface area contributed by atoms with Crippen LogP contribution in [0, 0.1) is 5.92 Å². The van der Waals surface area contributed by atoms with Gasteiger partial charge in [-0.2, -0.15) is 12.6 Å². The predicted octanol–water partition coefficient (Wildman–Crippen LogP) is 0.749. The first-order valence-electron chi connectivity index (χ1n) is 5.18. The molecule has 0 aliphatic carbocycles. The normalized spacial score (nSPS) is 13.0. The van der Waals surface area contributed by atoms with Gasteiger partial charge in [0.15, 0.2) is 0 Å². The smallest absolute Gasteiger partial charge is 0.308 e. The van der Waals surface area contributed by atoms with E-state index in [2.05, 4.69) is 17.9 Å². The van der Waals surface area contributed by atoms with Crippen LogP contribution in [-0.2, 0) is 9.59 Å². The number of hydrogen-bond acceptors (Lipinski definition) is 4. The standard InChI is InChI=1S/C6H11ClO3.C4H9NOS/c1-4(6(9)10)5(8)2-3-7;1-4(6)5-2-3-7/h4-5,8H,2-3H2,1H3,(H,9,10);7H,2-3H2,1H3,(H,5,6). The molecule has 0 saturated heterocycles. The van der Waals surface area contributed by atoms with E-state index in [1.807, 2.05) is 0 Å². The van der Waals surface area contributed by atoms with E-state index in [0.717, 1.165) is 0 Å². The molecular weight excluding hydrogens is 266 g/mol. The molecule has 0 aromatic rings. The minimum absolute atomic E-state index is 0.00838. The van der Waals surface area contributed by atoms with Gasteiger partial charge in [0, 0.05) is 25.1 Å². The Bertz CT molecular complexity index is 228. The van der Waals surface area contributed by atoms with Gasteiger partial charge in [0.2, 0.25) is 5.91 Å². The molecule has 7 heteroatoms. The fraction of sp³-hybridized carbons (Fsp3) is 0.800. The highest BCUT2D eigenvalue weighted by atomic mass is 35.5. The van der Waals surface area contributed by atoms with E-state index in [-0.39, 0.29) is 5.91 Å². The molecule has 0 radical (unpaired) electrons. The van der Waals surface area contributed by atoms with Crippen LogP contribution >= 0.6 is 24.2 Å². The number of carboxylic acid groups (broad SMARTS) is 1. The number of carboxylic acids is 1. The molecule has 0 spiro atoms. The third-order valence-electron chi connectivity index (χ3n) is 1.86. The molecule has 2 atom stereocenters. The first kappa shape index (κ1) is 18.9. The number of nitrogens with one attached hydrogen (secondary N) is 1. The number of hydrogen-bond donors (Lipinski definition) is 4. The van der Waals surface area contributed by atoms with Crippen LogP contribution in [0.2, 0.25) is 0 Å². The molecule has 0 aromatic heterocycles. The highest BCUT2D eigenvalue weighted by Gasteiger charge is 2.19. The maximum absolute atomic E-state index is 10.2. The van der Waals surface area contributed by atoms with Gasteiger partial charge in [-0.15, -0.1) is 11.6 Å². The van der Waals surface area contributed by atoms with E-state index < -0.39 is 18.0 Å². The number of alkyl halides is 1. The first-order valence-corrected chi connectivity index (χ1v) is 6.35. The average molecular weight is 286 g/mol. The largest absolute Gasteiger partial charge is 0.481 e. The molecule has 0 aromatic carbocycles. The van der Waals surface area contributed by atoms with Crippen molar-refractivity contribution in [2.45, 2.75) is 26.4 Å². The summed E-state index contributed by atoms with van der Waals surface area (Å²) >= 11 is 9.17. The number of halogens is 1. The molecular formula is C10H20ClNO4S. The Hall–Kier alpha value is -0.460. The Morgan fingerprint density at radius 2 is 2.00 bits per heavy atom. The van der Waals surface area contributed by atoms with Crippen LogP contribution in [0.5, 0.6) is 0 Å². The van der Waals surface area contributed by atoms with E-state index >= 15 is 0 Å². The summed E-state index contributed by atoms with van der Waals surface area (Å²) in [4.78, 5) is 20.3. The molecule has 1 amide bonds. The zero-order chi connectivity index (χ0) is 13.8. The minimum atomic E-state index is -0.988. The number of carbonyl (C=O) groups excluding carboxylic acids is 1. The highest BCUT2D eigenvalue weighted by molar-refractivity contribution is 7.80. The van der Waals surface area contributed by atoms with E-state index in [1.54, 1.807) is 0 Å². The minimum Gasteiger partial charge on any atom is -0.481 e. The Morgan fingerprint density at radius 3 is 2.24 bits per heavy atom. The monoisotopic (exact) mass is 285 g/mol. The van der Waals surface area contributed by atoms with Crippen LogP contribution in [0.1, 0.15) is 20.3 Å². The molecule has 17 heavy (non-hydrogen) atoms. The van der Waals surface area contributed by atoms with Crippen molar-refractivity contribution in [1.82, 2.24) is 5.32 Å². The second-order valence-electron chi connectivity index (χ2n) is 3.38. The van der Waals surface area contributed by atoms with Gasteiger partial charge in [0.25, 0.3) is 0 Å². The molecule has 0 aliphatic rings. The van der Waals surface area contributed by atoms with E-state index in [1.165, 1.54) is 13.8 Å². The first-order chi connectivity index (χ1) is 7.86. The second-order valence-corrected chi connectivity index (χ2v) is 4.20. The van der Waals surface area contributed by atoms with Crippen LogP contribution in [0.4, 0.5) is 0 Å². The lowest BCUT2D eigenvalue weighted by molar-refractivity contribution is -0.144. The Balaban J connectivity index is 0. The van der Waals surface area contributed by atoms with Crippen molar-refractivity contribution in [2.75, 3.05) is 18.2 Å². The van der Waals surface area contributed by atoms with Gasteiger partial charge >= 0.3 is 5.97 Å². The number of amides is 1. The van der Waals surface area contributed by atoms with Crippen LogP contribution in [-0.4, -0.2) is 46.4 Å². The second kappa shape index (κ2) is 12.0.